The van der Waals surface area contributed by atoms with Crippen LogP contribution in [0.25, 0.3) is 17.0 Å². The summed E-state index contributed by atoms with van der Waals surface area (Å²) in [7, 11) is 0. The van der Waals surface area contributed by atoms with Crippen LogP contribution in [0, 0.1) is 0 Å². The van der Waals surface area contributed by atoms with E-state index in [1.807, 2.05) is 31.2 Å². The summed E-state index contributed by atoms with van der Waals surface area (Å²) in [4.78, 5) is 24.4. The maximum absolute atomic E-state index is 12.5. The molecule has 0 unspecified atom stereocenters. The third kappa shape index (κ3) is 3.57. The molecule has 4 rings (SSSR count). The average molecular weight is 390 g/mol. The van der Waals surface area contributed by atoms with Gasteiger partial charge < -0.3 is 15.4 Å². The Labute approximate surface area is 166 Å². The number of allylic oxidation sites excluding steroid dienone is 1. The topological polar surface area (TPSA) is 122 Å². The Morgan fingerprint density at radius 1 is 1.17 bits per heavy atom. The molecule has 29 heavy (non-hydrogen) atoms. The number of benzene rings is 2. The highest BCUT2D eigenvalue weighted by Crippen LogP contribution is 2.35. The summed E-state index contributed by atoms with van der Waals surface area (Å²) >= 11 is 0. The molecule has 9 heteroatoms. The van der Waals surface area contributed by atoms with Gasteiger partial charge in [-0.1, -0.05) is 6.07 Å². The lowest BCUT2D eigenvalue weighted by Gasteiger charge is -2.10. The third-order valence-electron chi connectivity index (χ3n) is 4.49. The van der Waals surface area contributed by atoms with Gasteiger partial charge in [0.15, 0.2) is 5.82 Å². The van der Waals surface area contributed by atoms with E-state index in [9.17, 15) is 9.59 Å². The van der Waals surface area contributed by atoms with Gasteiger partial charge in [-0.2, -0.15) is 0 Å². The number of aromatic nitrogens is 4. The van der Waals surface area contributed by atoms with Crippen molar-refractivity contribution in [1.29, 1.82) is 0 Å². The van der Waals surface area contributed by atoms with Crippen molar-refractivity contribution in [3.8, 4) is 11.4 Å². The second-order valence-electron chi connectivity index (χ2n) is 6.39. The van der Waals surface area contributed by atoms with E-state index in [1.165, 1.54) is 0 Å². The van der Waals surface area contributed by atoms with Crippen molar-refractivity contribution in [3.05, 3.63) is 59.3 Å². The van der Waals surface area contributed by atoms with E-state index < -0.39 is 5.97 Å². The van der Waals surface area contributed by atoms with E-state index in [-0.39, 0.29) is 5.91 Å². The van der Waals surface area contributed by atoms with Gasteiger partial charge in [0.25, 0.3) is 5.91 Å². The lowest BCUT2D eigenvalue weighted by molar-refractivity contribution is -0.110. The zero-order valence-electron chi connectivity index (χ0n) is 15.8. The quantitative estimate of drug-likeness (QED) is 0.452. The molecule has 146 valence electrons. The van der Waals surface area contributed by atoms with E-state index >= 15 is 0 Å². The monoisotopic (exact) mass is 390 g/mol. The Kier molecular flexibility index (Phi) is 4.78. The molecule has 0 spiro atoms. The zero-order chi connectivity index (χ0) is 20.4. The highest BCUT2D eigenvalue weighted by atomic mass is 16.5. The number of anilines is 2. The number of H-pyrrole nitrogens is 1. The Morgan fingerprint density at radius 3 is 2.66 bits per heavy atom. The van der Waals surface area contributed by atoms with E-state index in [4.69, 9.17) is 4.74 Å². The number of carbonyl (C=O) groups excluding carboxylic acids is 2. The fourth-order valence-electron chi connectivity index (χ4n) is 3.16. The summed E-state index contributed by atoms with van der Waals surface area (Å²) in [5, 5.41) is 19.8. The fraction of sp³-hybridized carbons (Fsp3) is 0.150. The number of nitrogens with one attached hydrogen (secondary N) is 3. The molecule has 1 aliphatic heterocycles. The van der Waals surface area contributed by atoms with Crippen LogP contribution in [-0.4, -0.2) is 39.1 Å². The highest BCUT2D eigenvalue weighted by molar-refractivity contribution is 6.32. The number of aromatic amines is 1. The van der Waals surface area contributed by atoms with Crippen LogP contribution in [0.1, 0.15) is 29.8 Å². The molecule has 1 aliphatic rings. The zero-order valence-corrected chi connectivity index (χ0v) is 15.8. The molecular formula is C20H18N6O3. The molecule has 0 saturated heterocycles. The molecule has 0 radical (unpaired) electrons. The maximum Gasteiger partial charge on any atom is 0.338 e. The number of fused-ring (bicyclic) bond motifs is 1. The van der Waals surface area contributed by atoms with E-state index in [2.05, 4.69) is 31.3 Å². The largest absolute Gasteiger partial charge is 0.462 e. The highest BCUT2D eigenvalue weighted by Gasteiger charge is 2.27. The van der Waals surface area contributed by atoms with Gasteiger partial charge >= 0.3 is 5.97 Å². The van der Waals surface area contributed by atoms with Crippen molar-refractivity contribution in [2.45, 2.75) is 13.8 Å². The number of carbonyl (C=O) groups is 2. The van der Waals surface area contributed by atoms with Gasteiger partial charge in [0.1, 0.15) is 0 Å². The molecule has 0 saturated carbocycles. The molecular weight excluding hydrogens is 372 g/mol. The third-order valence-corrected chi connectivity index (χ3v) is 4.49. The summed E-state index contributed by atoms with van der Waals surface area (Å²) < 4.78 is 5.01. The molecule has 1 amide bonds. The van der Waals surface area contributed by atoms with Crippen molar-refractivity contribution in [3.63, 3.8) is 0 Å². The van der Waals surface area contributed by atoms with Crippen LogP contribution in [0.5, 0.6) is 0 Å². The fourth-order valence-corrected chi connectivity index (χ4v) is 3.16. The smallest absolute Gasteiger partial charge is 0.338 e. The SMILES string of the molecule is CCOC(=O)c1ccc2c(c1)NC(=O)/C2=C(/C)Nc1ccc(-c2nnn[nH]2)cc1. The summed E-state index contributed by atoms with van der Waals surface area (Å²) in [5.41, 5.74) is 4.60. The van der Waals surface area contributed by atoms with Gasteiger partial charge in [-0.3, -0.25) is 4.79 Å². The molecule has 9 nitrogen and oxygen atoms in total. The Morgan fingerprint density at radius 2 is 1.97 bits per heavy atom. The molecule has 0 bridgehead atoms. The van der Waals surface area contributed by atoms with Crippen molar-refractivity contribution < 1.29 is 14.3 Å². The average Bonchev–Trinajstić information content (AvgIpc) is 3.35. The first-order chi connectivity index (χ1) is 14.1. The summed E-state index contributed by atoms with van der Waals surface area (Å²) in [5.74, 6) is -0.0673. The van der Waals surface area contributed by atoms with Crippen LogP contribution in [0.15, 0.2) is 48.2 Å². The molecule has 0 aliphatic carbocycles. The van der Waals surface area contributed by atoms with Crippen molar-refractivity contribution in [2.24, 2.45) is 0 Å². The number of rotatable bonds is 5. The van der Waals surface area contributed by atoms with Crippen LogP contribution >= 0.6 is 0 Å². The minimum absolute atomic E-state index is 0.227. The molecule has 3 N–H and O–H groups in total. The van der Waals surface area contributed by atoms with Gasteiger partial charge in [-0.25, -0.2) is 9.89 Å². The molecule has 0 atom stereocenters. The predicted octanol–water partition coefficient (Wildman–Crippen LogP) is 2.84. The lowest BCUT2D eigenvalue weighted by Crippen LogP contribution is -2.08. The maximum atomic E-state index is 12.5. The number of hydrogen-bond acceptors (Lipinski definition) is 7. The number of amides is 1. The van der Waals surface area contributed by atoms with Crippen LogP contribution in [0.3, 0.4) is 0 Å². The molecule has 2 heterocycles. The van der Waals surface area contributed by atoms with Crippen LogP contribution in [0.4, 0.5) is 11.4 Å². The standard InChI is InChI=1S/C20H18N6O3/c1-3-29-20(28)13-6-9-15-16(10-13)22-19(27)17(15)11(2)21-14-7-4-12(5-8-14)18-23-25-26-24-18/h4-10,21H,3H2,1-2H3,(H,22,27)(H,23,24,25,26)/b17-11-. The van der Waals surface area contributed by atoms with Crippen LogP contribution < -0.4 is 10.6 Å². The molecule has 1 aromatic heterocycles. The van der Waals surface area contributed by atoms with E-state index in [0.717, 1.165) is 16.8 Å². The Hall–Kier alpha value is -4.01. The number of tetrazole rings is 1. The minimum Gasteiger partial charge on any atom is -0.462 e. The van der Waals surface area contributed by atoms with E-state index in [1.54, 1.807) is 25.1 Å². The lowest BCUT2D eigenvalue weighted by atomic mass is 10.0. The van der Waals surface area contributed by atoms with Crippen LogP contribution in [0.2, 0.25) is 0 Å². The number of ether oxygens (including phenoxy) is 1. The second-order valence-corrected chi connectivity index (χ2v) is 6.39. The normalized spacial score (nSPS) is 14.2. The van der Waals surface area contributed by atoms with Gasteiger partial charge in [-0.15, -0.1) is 5.10 Å². The number of nitrogens with zero attached hydrogens (tertiary/aromatic N) is 3. The predicted molar refractivity (Wildman–Crippen MR) is 107 cm³/mol. The molecule has 3 aromatic rings. The molecule has 0 fully saturated rings. The number of esters is 1. The van der Waals surface area contributed by atoms with Gasteiger partial charge in [0.2, 0.25) is 0 Å². The first-order valence-electron chi connectivity index (χ1n) is 9.01. The summed E-state index contributed by atoms with van der Waals surface area (Å²) in [6.07, 6.45) is 0. The first kappa shape index (κ1) is 18.4. The Bertz CT molecular complexity index is 1100. The van der Waals surface area contributed by atoms with Crippen LogP contribution in [-0.2, 0) is 9.53 Å². The number of hydrogen-bond donors (Lipinski definition) is 3. The Balaban J connectivity index is 1.59. The van der Waals surface area contributed by atoms with Gasteiger partial charge in [0.05, 0.1) is 23.4 Å². The van der Waals surface area contributed by atoms with Gasteiger partial charge in [0, 0.05) is 22.5 Å². The van der Waals surface area contributed by atoms with Crippen molar-refractivity contribution >= 4 is 28.8 Å². The van der Waals surface area contributed by atoms with Gasteiger partial charge in [-0.05, 0) is 60.7 Å². The minimum atomic E-state index is -0.418. The summed E-state index contributed by atoms with van der Waals surface area (Å²) in [6.45, 7) is 3.87. The van der Waals surface area contributed by atoms with Crippen molar-refractivity contribution in [2.75, 3.05) is 17.2 Å². The molecule has 2 aromatic carbocycles. The first-order valence-corrected chi connectivity index (χ1v) is 9.01. The second kappa shape index (κ2) is 7.55. The summed E-state index contributed by atoms with van der Waals surface area (Å²) in [6, 6.07) is 12.5. The van der Waals surface area contributed by atoms with E-state index in [0.29, 0.717) is 35.0 Å². The van der Waals surface area contributed by atoms with Crippen molar-refractivity contribution in [1.82, 2.24) is 20.6 Å².